The zero-order chi connectivity index (χ0) is 14.0. The number of benzene rings is 1. The van der Waals surface area contributed by atoms with Crippen molar-refractivity contribution in [1.82, 2.24) is 5.32 Å². The smallest absolute Gasteiger partial charge is 0.126 e. The summed E-state index contributed by atoms with van der Waals surface area (Å²) in [4.78, 5) is 0. The maximum absolute atomic E-state index is 10.4. The molecule has 2 aliphatic heterocycles. The molecule has 20 heavy (non-hydrogen) atoms. The van der Waals surface area contributed by atoms with E-state index in [2.05, 4.69) is 12.2 Å². The van der Waals surface area contributed by atoms with Gasteiger partial charge in [-0.05, 0) is 31.2 Å². The number of ether oxygens (including phenoxy) is 2. The van der Waals surface area contributed by atoms with Crippen LogP contribution in [-0.2, 0) is 0 Å². The molecule has 1 aromatic rings. The fourth-order valence-electron chi connectivity index (χ4n) is 3.02. The first kappa shape index (κ1) is 13.7. The molecule has 3 rings (SSSR count). The molecule has 0 amide bonds. The summed E-state index contributed by atoms with van der Waals surface area (Å²) in [7, 11) is 0. The predicted molar refractivity (Wildman–Crippen MR) is 77.3 cm³/mol. The lowest BCUT2D eigenvalue weighted by atomic mass is 9.88. The van der Waals surface area contributed by atoms with Crippen LogP contribution in [0, 0.1) is 0 Å². The number of hydrogen-bond acceptors (Lipinski definition) is 4. The van der Waals surface area contributed by atoms with E-state index < -0.39 is 6.10 Å². The lowest BCUT2D eigenvalue weighted by molar-refractivity contribution is -0.000499. The van der Waals surface area contributed by atoms with E-state index in [1.54, 1.807) is 0 Å². The first-order valence-corrected chi connectivity index (χ1v) is 7.57. The van der Waals surface area contributed by atoms with Gasteiger partial charge in [-0.1, -0.05) is 13.3 Å². The Kier molecular flexibility index (Phi) is 3.85. The average Bonchev–Trinajstić information content (AvgIpc) is 2.87. The molecule has 1 fully saturated rings. The minimum Gasteiger partial charge on any atom is -0.494 e. The highest BCUT2D eigenvalue weighted by Gasteiger charge is 2.42. The molecule has 2 unspecified atom stereocenters. The molecule has 2 aliphatic rings. The minimum absolute atomic E-state index is 0.225. The van der Waals surface area contributed by atoms with Crippen LogP contribution in [0.15, 0.2) is 18.2 Å². The van der Waals surface area contributed by atoms with Gasteiger partial charge in [0.25, 0.3) is 0 Å². The van der Waals surface area contributed by atoms with E-state index in [1.165, 1.54) is 0 Å². The second kappa shape index (κ2) is 5.62. The highest BCUT2D eigenvalue weighted by Crippen LogP contribution is 2.43. The van der Waals surface area contributed by atoms with Crippen molar-refractivity contribution in [3.05, 3.63) is 23.8 Å². The highest BCUT2D eigenvalue weighted by molar-refractivity contribution is 5.44. The van der Waals surface area contributed by atoms with Crippen molar-refractivity contribution in [3.63, 3.8) is 0 Å². The summed E-state index contributed by atoms with van der Waals surface area (Å²) in [5.41, 5.74) is 0.633. The number of rotatable bonds is 4. The average molecular weight is 277 g/mol. The Labute approximate surface area is 120 Å². The van der Waals surface area contributed by atoms with Gasteiger partial charge < -0.3 is 19.9 Å². The molecule has 2 heterocycles. The van der Waals surface area contributed by atoms with Crippen LogP contribution in [-0.4, -0.2) is 30.4 Å². The fraction of sp³-hybridized carbons (Fsp3) is 0.625. The largest absolute Gasteiger partial charge is 0.494 e. The summed E-state index contributed by atoms with van der Waals surface area (Å²) in [6, 6.07) is 5.78. The van der Waals surface area contributed by atoms with E-state index in [1.807, 2.05) is 18.2 Å². The molecule has 4 heteroatoms. The van der Waals surface area contributed by atoms with Crippen molar-refractivity contribution in [2.24, 2.45) is 0 Å². The van der Waals surface area contributed by atoms with Crippen molar-refractivity contribution < 1.29 is 14.6 Å². The molecule has 2 atom stereocenters. The zero-order valence-electron chi connectivity index (χ0n) is 12.0. The van der Waals surface area contributed by atoms with Crippen LogP contribution in [0.3, 0.4) is 0 Å². The monoisotopic (exact) mass is 277 g/mol. The molecule has 2 N–H and O–H groups in total. The standard InChI is InChI=1S/C16H23NO3/c1-2-3-8-19-12-4-5-15-13(9-12)14(18)10-16(20-15)6-7-17-11-16/h4-5,9,14,17-18H,2-3,6-8,10-11H2,1H3. The lowest BCUT2D eigenvalue weighted by Crippen LogP contribution is -2.42. The van der Waals surface area contributed by atoms with Gasteiger partial charge in [0.2, 0.25) is 0 Å². The van der Waals surface area contributed by atoms with Crippen LogP contribution in [0.2, 0.25) is 0 Å². The first-order chi connectivity index (χ1) is 9.72. The molecule has 0 saturated carbocycles. The van der Waals surface area contributed by atoms with Gasteiger partial charge in [-0.25, -0.2) is 0 Å². The zero-order valence-corrected chi connectivity index (χ0v) is 12.0. The molecule has 0 aliphatic carbocycles. The Morgan fingerprint density at radius 1 is 1.50 bits per heavy atom. The number of hydrogen-bond donors (Lipinski definition) is 2. The van der Waals surface area contributed by atoms with Crippen molar-refractivity contribution in [2.45, 2.75) is 44.3 Å². The summed E-state index contributed by atoms with van der Waals surface area (Å²) in [5.74, 6) is 1.62. The minimum atomic E-state index is -0.464. The molecule has 1 spiro atoms. The van der Waals surface area contributed by atoms with Gasteiger partial charge in [0.05, 0.1) is 12.7 Å². The van der Waals surface area contributed by atoms with Crippen LogP contribution in [0.1, 0.15) is 44.3 Å². The first-order valence-electron chi connectivity index (χ1n) is 7.57. The summed E-state index contributed by atoms with van der Waals surface area (Å²) >= 11 is 0. The number of aliphatic hydroxyl groups is 1. The Morgan fingerprint density at radius 3 is 3.15 bits per heavy atom. The topological polar surface area (TPSA) is 50.7 Å². The SMILES string of the molecule is CCCCOc1ccc2c(c1)C(O)CC1(CCNC1)O2. The van der Waals surface area contributed by atoms with E-state index >= 15 is 0 Å². The molecule has 110 valence electrons. The Hall–Kier alpha value is -1.26. The third kappa shape index (κ3) is 2.63. The van der Waals surface area contributed by atoms with Crippen LogP contribution in [0.5, 0.6) is 11.5 Å². The lowest BCUT2D eigenvalue weighted by Gasteiger charge is -2.37. The fourth-order valence-corrected chi connectivity index (χ4v) is 3.02. The highest BCUT2D eigenvalue weighted by atomic mass is 16.5. The van der Waals surface area contributed by atoms with Crippen molar-refractivity contribution in [2.75, 3.05) is 19.7 Å². The summed E-state index contributed by atoms with van der Waals surface area (Å²) < 4.78 is 11.9. The van der Waals surface area contributed by atoms with Crippen LogP contribution in [0.4, 0.5) is 0 Å². The molecule has 1 saturated heterocycles. The van der Waals surface area contributed by atoms with Crippen molar-refractivity contribution in [3.8, 4) is 11.5 Å². The van der Waals surface area contributed by atoms with Crippen molar-refractivity contribution in [1.29, 1.82) is 0 Å². The van der Waals surface area contributed by atoms with E-state index in [0.29, 0.717) is 6.42 Å². The van der Waals surface area contributed by atoms with E-state index in [9.17, 15) is 5.11 Å². The molecular formula is C16H23NO3. The van der Waals surface area contributed by atoms with Gasteiger partial charge in [-0.15, -0.1) is 0 Å². The van der Waals surface area contributed by atoms with Crippen LogP contribution in [0.25, 0.3) is 0 Å². The number of unbranched alkanes of at least 4 members (excludes halogenated alkanes) is 1. The summed E-state index contributed by atoms with van der Waals surface area (Å²) in [6.07, 6.45) is 3.31. The molecule has 1 aromatic carbocycles. The van der Waals surface area contributed by atoms with Crippen molar-refractivity contribution >= 4 is 0 Å². The van der Waals surface area contributed by atoms with E-state index in [-0.39, 0.29) is 5.60 Å². The second-order valence-electron chi connectivity index (χ2n) is 5.83. The Morgan fingerprint density at radius 2 is 2.40 bits per heavy atom. The normalized spacial score (nSPS) is 28.2. The molecule has 0 aromatic heterocycles. The van der Waals surface area contributed by atoms with Gasteiger partial charge in [0.1, 0.15) is 17.1 Å². The summed E-state index contributed by atoms with van der Waals surface area (Å²) in [5, 5.41) is 13.7. The number of aliphatic hydroxyl groups excluding tert-OH is 1. The second-order valence-corrected chi connectivity index (χ2v) is 5.83. The molecule has 0 radical (unpaired) electrons. The van der Waals surface area contributed by atoms with Gasteiger partial charge in [0, 0.05) is 24.9 Å². The van der Waals surface area contributed by atoms with Crippen LogP contribution >= 0.6 is 0 Å². The Bertz CT molecular complexity index is 469. The van der Waals surface area contributed by atoms with Gasteiger partial charge in [-0.3, -0.25) is 0 Å². The number of nitrogens with one attached hydrogen (secondary N) is 1. The quantitative estimate of drug-likeness (QED) is 0.830. The Balaban J connectivity index is 1.77. The molecule has 0 bridgehead atoms. The summed E-state index contributed by atoms with van der Waals surface area (Å²) in [6.45, 7) is 4.64. The maximum atomic E-state index is 10.4. The van der Waals surface area contributed by atoms with E-state index in [0.717, 1.165) is 56.0 Å². The van der Waals surface area contributed by atoms with E-state index in [4.69, 9.17) is 9.47 Å². The van der Waals surface area contributed by atoms with Gasteiger partial charge in [0.15, 0.2) is 0 Å². The molecule has 4 nitrogen and oxygen atoms in total. The third-order valence-electron chi connectivity index (χ3n) is 4.20. The third-order valence-corrected chi connectivity index (χ3v) is 4.20. The van der Waals surface area contributed by atoms with Crippen LogP contribution < -0.4 is 14.8 Å². The van der Waals surface area contributed by atoms with Gasteiger partial charge in [-0.2, -0.15) is 0 Å². The molecular weight excluding hydrogens is 254 g/mol. The predicted octanol–water partition coefficient (Wildman–Crippen LogP) is 2.41. The maximum Gasteiger partial charge on any atom is 0.126 e. The number of fused-ring (bicyclic) bond motifs is 1. The van der Waals surface area contributed by atoms with Gasteiger partial charge >= 0.3 is 0 Å².